The zero-order chi connectivity index (χ0) is 19.9. The number of phenols is 2. The Morgan fingerprint density at radius 3 is 2.59 bits per heavy atom. The number of hydrogen-bond acceptors (Lipinski definition) is 6. The van der Waals surface area contributed by atoms with Crippen molar-refractivity contribution in [2.45, 2.75) is 57.8 Å². The number of phenolic OH excluding ortho intramolecular Hbond substituents is 2. The number of aliphatic hydroxyl groups excluding tert-OH is 1. The lowest BCUT2D eigenvalue weighted by Crippen LogP contribution is -2.48. The number of hydrogen-bond donors (Lipinski definition) is 4. The monoisotopic (exact) mass is 380 g/mol. The molecule has 2 rings (SSSR count). The van der Waals surface area contributed by atoms with Gasteiger partial charge in [-0.2, -0.15) is 0 Å². The average Bonchev–Trinajstić information content (AvgIpc) is 2.63. The summed E-state index contributed by atoms with van der Waals surface area (Å²) < 4.78 is 5.46. The number of ether oxygens (including phenoxy) is 1. The Labute approximate surface area is 161 Å². The summed E-state index contributed by atoms with van der Waals surface area (Å²) in [7, 11) is 0. The van der Waals surface area contributed by atoms with Gasteiger partial charge in [-0.3, -0.25) is 4.79 Å². The first-order valence-corrected chi connectivity index (χ1v) is 9.56. The maximum atomic E-state index is 12.4. The number of carbonyl (C=O) groups excluding carboxylic acids is 1. The molecule has 7 heteroatoms. The summed E-state index contributed by atoms with van der Waals surface area (Å²) in [5, 5.41) is 32.1. The van der Waals surface area contributed by atoms with Gasteiger partial charge in [-0.1, -0.05) is 6.07 Å². The standard InChI is InChI=1S/C20H32N2O5/c1-20(2,11-19(26)22-8-4-3-5-9-22)21-12-16(23)14-27-13-15-6-7-17(24)18(25)10-15/h6-7,10,16,21,23-25H,3-5,8-9,11-14H2,1-2H3. The first kappa shape index (κ1) is 21.5. The first-order valence-electron chi connectivity index (χ1n) is 9.56. The van der Waals surface area contributed by atoms with Gasteiger partial charge in [-0.05, 0) is 50.8 Å². The number of aliphatic hydroxyl groups is 1. The quantitative estimate of drug-likeness (QED) is 0.487. The topological polar surface area (TPSA) is 102 Å². The lowest BCUT2D eigenvalue weighted by Gasteiger charge is -2.32. The molecule has 4 N–H and O–H groups in total. The Morgan fingerprint density at radius 1 is 1.22 bits per heavy atom. The summed E-state index contributed by atoms with van der Waals surface area (Å²) in [4.78, 5) is 14.3. The van der Waals surface area contributed by atoms with Crippen LogP contribution in [0.2, 0.25) is 0 Å². The molecule has 0 radical (unpaired) electrons. The molecule has 0 bridgehead atoms. The molecule has 7 nitrogen and oxygen atoms in total. The third kappa shape index (κ3) is 7.36. The SMILES string of the molecule is CC(C)(CC(=O)N1CCCCC1)NCC(O)COCc1ccc(O)c(O)c1. The molecule has 1 aromatic carbocycles. The van der Waals surface area contributed by atoms with Crippen LogP contribution in [0, 0.1) is 0 Å². The van der Waals surface area contributed by atoms with E-state index in [2.05, 4.69) is 5.32 Å². The number of nitrogens with zero attached hydrogens (tertiary/aromatic N) is 1. The van der Waals surface area contributed by atoms with Gasteiger partial charge in [0.25, 0.3) is 0 Å². The van der Waals surface area contributed by atoms with Gasteiger partial charge in [0.05, 0.1) is 19.3 Å². The van der Waals surface area contributed by atoms with Crippen molar-refractivity contribution >= 4 is 5.91 Å². The third-order valence-electron chi connectivity index (χ3n) is 4.74. The van der Waals surface area contributed by atoms with Gasteiger partial charge in [0, 0.05) is 31.6 Å². The van der Waals surface area contributed by atoms with Crippen LogP contribution in [0.25, 0.3) is 0 Å². The molecule has 1 aromatic rings. The molecule has 0 spiro atoms. The van der Waals surface area contributed by atoms with Gasteiger partial charge in [0.1, 0.15) is 0 Å². The molecule has 1 aliphatic rings. The molecule has 1 saturated heterocycles. The zero-order valence-electron chi connectivity index (χ0n) is 16.3. The van der Waals surface area contributed by atoms with Gasteiger partial charge in [0.15, 0.2) is 11.5 Å². The van der Waals surface area contributed by atoms with Crippen molar-refractivity contribution in [2.75, 3.05) is 26.2 Å². The van der Waals surface area contributed by atoms with Crippen molar-refractivity contribution in [2.24, 2.45) is 0 Å². The van der Waals surface area contributed by atoms with Crippen molar-refractivity contribution in [3.63, 3.8) is 0 Å². The average molecular weight is 380 g/mol. The zero-order valence-corrected chi connectivity index (χ0v) is 16.3. The molecule has 27 heavy (non-hydrogen) atoms. The van der Waals surface area contributed by atoms with Gasteiger partial charge in [-0.15, -0.1) is 0 Å². The van der Waals surface area contributed by atoms with Crippen LogP contribution < -0.4 is 5.32 Å². The normalized spacial score (nSPS) is 16.3. The molecule has 1 amide bonds. The van der Waals surface area contributed by atoms with E-state index in [4.69, 9.17) is 4.74 Å². The van der Waals surface area contributed by atoms with Gasteiger partial charge in [0.2, 0.25) is 5.91 Å². The number of rotatable bonds is 9. The largest absolute Gasteiger partial charge is 0.504 e. The second kappa shape index (κ2) is 9.92. The van der Waals surface area contributed by atoms with E-state index >= 15 is 0 Å². The van der Waals surface area contributed by atoms with E-state index in [1.807, 2.05) is 18.7 Å². The number of carbonyl (C=O) groups is 1. The molecule has 1 heterocycles. The highest BCUT2D eigenvalue weighted by atomic mass is 16.5. The Kier molecular flexibility index (Phi) is 7.89. The van der Waals surface area contributed by atoms with Crippen LogP contribution in [-0.2, 0) is 16.1 Å². The van der Waals surface area contributed by atoms with Crippen LogP contribution in [0.15, 0.2) is 18.2 Å². The summed E-state index contributed by atoms with van der Waals surface area (Å²) >= 11 is 0. The molecule has 1 unspecified atom stereocenters. The number of likely N-dealkylation sites (tertiary alicyclic amines) is 1. The van der Waals surface area contributed by atoms with Crippen molar-refractivity contribution in [3.8, 4) is 11.5 Å². The molecular formula is C20H32N2O5. The third-order valence-corrected chi connectivity index (χ3v) is 4.74. The number of benzene rings is 1. The van der Waals surface area contributed by atoms with Crippen LogP contribution in [0.1, 0.15) is 45.1 Å². The maximum Gasteiger partial charge on any atom is 0.224 e. The van der Waals surface area contributed by atoms with Crippen molar-refractivity contribution in [1.82, 2.24) is 10.2 Å². The second-order valence-corrected chi connectivity index (χ2v) is 7.88. The van der Waals surface area contributed by atoms with Crippen molar-refractivity contribution in [1.29, 1.82) is 0 Å². The second-order valence-electron chi connectivity index (χ2n) is 7.88. The van der Waals surface area contributed by atoms with E-state index in [-0.39, 0.29) is 30.6 Å². The van der Waals surface area contributed by atoms with Crippen LogP contribution >= 0.6 is 0 Å². The summed E-state index contributed by atoms with van der Waals surface area (Å²) in [6, 6.07) is 4.47. The summed E-state index contributed by atoms with van der Waals surface area (Å²) in [5.41, 5.74) is 0.302. The Balaban J connectivity index is 1.67. The fraction of sp³-hybridized carbons (Fsp3) is 0.650. The maximum absolute atomic E-state index is 12.4. The van der Waals surface area contributed by atoms with E-state index in [0.29, 0.717) is 18.5 Å². The molecule has 1 aliphatic heterocycles. The highest BCUT2D eigenvalue weighted by molar-refractivity contribution is 5.77. The number of β-amino-alcohol motifs (C(OH)–C–C–N with tert-alkyl or cyclic N) is 1. The van der Waals surface area contributed by atoms with Gasteiger partial charge >= 0.3 is 0 Å². The molecule has 152 valence electrons. The highest BCUT2D eigenvalue weighted by Crippen LogP contribution is 2.25. The van der Waals surface area contributed by atoms with E-state index < -0.39 is 11.6 Å². The molecule has 1 fully saturated rings. The minimum atomic E-state index is -0.708. The Hall–Kier alpha value is -1.83. The van der Waals surface area contributed by atoms with E-state index in [9.17, 15) is 20.1 Å². The van der Waals surface area contributed by atoms with Crippen molar-refractivity contribution in [3.05, 3.63) is 23.8 Å². The summed E-state index contributed by atoms with van der Waals surface area (Å²) in [5.74, 6) is -0.215. The summed E-state index contributed by atoms with van der Waals surface area (Å²) in [6.45, 7) is 6.29. The van der Waals surface area contributed by atoms with E-state index in [0.717, 1.165) is 25.9 Å². The molecule has 1 atom stereocenters. The van der Waals surface area contributed by atoms with Crippen LogP contribution in [-0.4, -0.2) is 64.0 Å². The lowest BCUT2D eigenvalue weighted by atomic mass is 9.98. The fourth-order valence-corrected chi connectivity index (χ4v) is 3.12. The number of amides is 1. The van der Waals surface area contributed by atoms with Crippen LogP contribution in [0.3, 0.4) is 0 Å². The summed E-state index contributed by atoms with van der Waals surface area (Å²) in [6.07, 6.45) is 3.04. The lowest BCUT2D eigenvalue weighted by molar-refractivity contribution is -0.133. The Morgan fingerprint density at radius 2 is 1.93 bits per heavy atom. The minimum absolute atomic E-state index is 0.130. The number of aromatic hydroxyl groups is 2. The predicted octanol–water partition coefficient (Wildman–Crippen LogP) is 1.75. The van der Waals surface area contributed by atoms with Gasteiger partial charge < -0.3 is 30.3 Å². The predicted molar refractivity (Wildman–Crippen MR) is 103 cm³/mol. The number of nitrogens with one attached hydrogen (secondary N) is 1. The molecule has 0 aromatic heterocycles. The fourth-order valence-electron chi connectivity index (χ4n) is 3.12. The van der Waals surface area contributed by atoms with Crippen molar-refractivity contribution < 1.29 is 24.9 Å². The Bertz CT molecular complexity index is 614. The molecule has 0 aliphatic carbocycles. The van der Waals surface area contributed by atoms with E-state index in [1.54, 1.807) is 6.07 Å². The highest BCUT2D eigenvalue weighted by Gasteiger charge is 2.26. The van der Waals surface area contributed by atoms with E-state index in [1.165, 1.54) is 18.6 Å². The van der Waals surface area contributed by atoms with Crippen LogP contribution in [0.5, 0.6) is 11.5 Å². The molecule has 0 saturated carbocycles. The number of piperidine rings is 1. The molecular weight excluding hydrogens is 348 g/mol. The smallest absolute Gasteiger partial charge is 0.224 e. The van der Waals surface area contributed by atoms with Crippen LogP contribution in [0.4, 0.5) is 0 Å². The minimum Gasteiger partial charge on any atom is -0.504 e. The first-order chi connectivity index (χ1) is 12.8. The van der Waals surface area contributed by atoms with Gasteiger partial charge in [-0.25, -0.2) is 0 Å².